The number of hydrogen-bond acceptors (Lipinski definition) is 6. The summed E-state index contributed by atoms with van der Waals surface area (Å²) < 4.78 is 71.0. The molecule has 0 unspecified atom stereocenters. The van der Waals surface area contributed by atoms with Crippen LogP contribution in [-0.2, 0) is 22.6 Å². The number of aryl methyl sites for hydroxylation is 2. The standard InChI is InChI=1S/C23H21F3N4O3S/c1-5-19-17(8-6-15-10-20(14(2)27-12-15)30-34(4,31)32)22(29-13-28-19)18-11-16(23(24,25)26)7-9-21(18)33-3/h7,9-13,30H,5H2,1-4H3. The smallest absolute Gasteiger partial charge is 0.416 e. The highest BCUT2D eigenvalue weighted by Crippen LogP contribution is 2.37. The minimum Gasteiger partial charge on any atom is -0.496 e. The van der Waals surface area contributed by atoms with Gasteiger partial charge in [0.15, 0.2) is 0 Å². The highest BCUT2D eigenvalue weighted by Gasteiger charge is 2.32. The summed E-state index contributed by atoms with van der Waals surface area (Å²) in [4.78, 5) is 12.6. The molecule has 0 atom stereocenters. The van der Waals surface area contributed by atoms with Crippen molar-refractivity contribution in [1.29, 1.82) is 0 Å². The first-order valence-corrected chi connectivity index (χ1v) is 11.9. The molecule has 34 heavy (non-hydrogen) atoms. The van der Waals surface area contributed by atoms with Crippen molar-refractivity contribution in [2.75, 3.05) is 18.1 Å². The third kappa shape index (κ3) is 5.82. The fourth-order valence-corrected chi connectivity index (χ4v) is 3.74. The number of anilines is 1. The van der Waals surface area contributed by atoms with Gasteiger partial charge in [-0.2, -0.15) is 13.2 Å². The maximum Gasteiger partial charge on any atom is 0.416 e. The van der Waals surface area contributed by atoms with Gasteiger partial charge in [0.25, 0.3) is 0 Å². The predicted molar refractivity (Wildman–Crippen MR) is 122 cm³/mol. The summed E-state index contributed by atoms with van der Waals surface area (Å²) >= 11 is 0. The molecule has 0 amide bonds. The molecule has 0 saturated heterocycles. The van der Waals surface area contributed by atoms with Gasteiger partial charge in [-0.15, -0.1) is 0 Å². The van der Waals surface area contributed by atoms with Crippen LogP contribution in [0.1, 0.15) is 35.0 Å². The van der Waals surface area contributed by atoms with Crippen molar-refractivity contribution in [2.24, 2.45) is 0 Å². The molecular weight excluding hydrogens is 469 g/mol. The zero-order valence-corrected chi connectivity index (χ0v) is 19.6. The molecule has 7 nitrogen and oxygen atoms in total. The molecule has 0 aliphatic carbocycles. The lowest BCUT2D eigenvalue weighted by Crippen LogP contribution is -2.11. The number of nitrogens with one attached hydrogen (secondary N) is 1. The number of halogens is 3. The average Bonchev–Trinajstić information content (AvgIpc) is 2.77. The molecule has 0 aliphatic rings. The Hall–Kier alpha value is -3.65. The molecule has 3 rings (SSSR count). The molecule has 1 aromatic carbocycles. The van der Waals surface area contributed by atoms with E-state index >= 15 is 0 Å². The van der Waals surface area contributed by atoms with Gasteiger partial charge >= 0.3 is 6.18 Å². The minimum absolute atomic E-state index is 0.125. The number of pyridine rings is 1. The highest BCUT2D eigenvalue weighted by molar-refractivity contribution is 7.92. The zero-order chi connectivity index (χ0) is 25.1. The van der Waals surface area contributed by atoms with E-state index in [9.17, 15) is 21.6 Å². The van der Waals surface area contributed by atoms with E-state index in [1.165, 1.54) is 31.8 Å². The maximum atomic E-state index is 13.4. The summed E-state index contributed by atoms with van der Waals surface area (Å²) in [6, 6.07) is 4.66. The number of ether oxygens (including phenoxy) is 1. The number of hydrogen-bond donors (Lipinski definition) is 1. The highest BCUT2D eigenvalue weighted by atomic mass is 32.2. The van der Waals surface area contributed by atoms with Crippen LogP contribution in [-0.4, -0.2) is 36.7 Å². The summed E-state index contributed by atoms with van der Waals surface area (Å²) in [7, 11) is -2.17. The Morgan fingerprint density at radius 3 is 2.47 bits per heavy atom. The third-order valence-electron chi connectivity index (χ3n) is 4.76. The average molecular weight is 491 g/mol. The Bertz CT molecular complexity index is 1390. The lowest BCUT2D eigenvalue weighted by atomic mass is 10.00. The largest absolute Gasteiger partial charge is 0.496 e. The lowest BCUT2D eigenvalue weighted by Gasteiger charge is -2.14. The van der Waals surface area contributed by atoms with Crippen LogP contribution in [0.2, 0.25) is 0 Å². The van der Waals surface area contributed by atoms with Crippen molar-refractivity contribution in [2.45, 2.75) is 26.4 Å². The van der Waals surface area contributed by atoms with Crippen molar-refractivity contribution in [3.05, 3.63) is 64.9 Å². The molecule has 178 valence electrons. The van der Waals surface area contributed by atoms with E-state index in [2.05, 4.69) is 31.5 Å². The summed E-state index contributed by atoms with van der Waals surface area (Å²) in [5.74, 6) is 6.03. The van der Waals surface area contributed by atoms with Crippen molar-refractivity contribution in [3.63, 3.8) is 0 Å². The van der Waals surface area contributed by atoms with E-state index < -0.39 is 21.8 Å². The van der Waals surface area contributed by atoms with Crippen LogP contribution in [0.25, 0.3) is 11.3 Å². The number of benzene rings is 1. The topological polar surface area (TPSA) is 94.1 Å². The SMILES string of the molecule is CCc1ncnc(-c2cc(C(F)(F)F)ccc2OC)c1C#Cc1cnc(C)c(NS(C)(=O)=O)c1. The van der Waals surface area contributed by atoms with Crippen LogP contribution >= 0.6 is 0 Å². The Kier molecular flexibility index (Phi) is 7.12. The number of rotatable bonds is 5. The van der Waals surface area contributed by atoms with Crippen LogP contribution in [0.5, 0.6) is 5.75 Å². The van der Waals surface area contributed by atoms with E-state index in [0.717, 1.165) is 18.4 Å². The molecule has 0 saturated carbocycles. The van der Waals surface area contributed by atoms with Gasteiger partial charge in [0.1, 0.15) is 12.1 Å². The normalized spacial score (nSPS) is 11.5. The van der Waals surface area contributed by atoms with Crippen LogP contribution in [0, 0.1) is 18.8 Å². The zero-order valence-electron chi connectivity index (χ0n) is 18.8. The van der Waals surface area contributed by atoms with E-state index in [-0.39, 0.29) is 22.7 Å². The monoisotopic (exact) mass is 490 g/mol. The van der Waals surface area contributed by atoms with E-state index in [1.54, 1.807) is 6.92 Å². The number of nitrogens with zero attached hydrogens (tertiary/aromatic N) is 3. The fourth-order valence-electron chi connectivity index (χ4n) is 3.13. The molecular formula is C23H21F3N4O3S. The van der Waals surface area contributed by atoms with Crippen molar-refractivity contribution in [1.82, 2.24) is 15.0 Å². The van der Waals surface area contributed by atoms with Crippen LogP contribution in [0.4, 0.5) is 18.9 Å². The molecule has 11 heteroatoms. The first-order chi connectivity index (χ1) is 15.9. The molecule has 0 aliphatic heterocycles. The van der Waals surface area contributed by atoms with Gasteiger partial charge in [-0.1, -0.05) is 18.8 Å². The quantitative estimate of drug-likeness (QED) is 0.539. The molecule has 3 aromatic rings. The second-order valence-corrected chi connectivity index (χ2v) is 9.04. The van der Waals surface area contributed by atoms with Gasteiger partial charge in [-0.25, -0.2) is 18.4 Å². The maximum absolute atomic E-state index is 13.4. The summed E-state index contributed by atoms with van der Waals surface area (Å²) in [6.45, 7) is 3.48. The summed E-state index contributed by atoms with van der Waals surface area (Å²) in [5.41, 5.74) is 1.46. The molecule has 1 N–H and O–H groups in total. The Balaban J connectivity index is 2.18. The Labute approximate surface area is 195 Å². The van der Waals surface area contributed by atoms with Crippen molar-refractivity contribution in [3.8, 4) is 28.8 Å². The third-order valence-corrected chi connectivity index (χ3v) is 5.35. The van der Waals surface area contributed by atoms with Gasteiger partial charge in [0.05, 0.1) is 47.3 Å². The molecule has 2 heterocycles. The number of alkyl halides is 3. The molecule has 0 radical (unpaired) electrons. The number of sulfonamides is 1. The Morgan fingerprint density at radius 2 is 1.85 bits per heavy atom. The van der Waals surface area contributed by atoms with E-state index in [0.29, 0.717) is 28.9 Å². The molecule has 2 aromatic heterocycles. The van der Waals surface area contributed by atoms with Gasteiger partial charge in [-0.3, -0.25) is 9.71 Å². The van der Waals surface area contributed by atoms with E-state index in [1.807, 2.05) is 6.92 Å². The molecule has 0 bridgehead atoms. The lowest BCUT2D eigenvalue weighted by molar-refractivity contribution is -0.137. The second-order valence-electron chi connectivity index (χ2n) is 7.29. The fraction of sp³-hybridized carbons (Fsp3) is 0.261. The van der Waals surface area contributed by atoms with Crippen molar-refractivity contribution < 1.29 is 26.3 Å². The Morgan fingerprint density at radius 1 is 1.12 bits per heavy atom. The molecule has 0 fully saturated rings. The van der Waals surface area contributed by atoms with Crippen LogP contribution < -0.4 is 9.46 Å². The van der Waals surface area contributed by atoms with Crippen LogP contribution in [0.3, 0.4) is 0 Å². The number of aromatic nitrogens is 3. The van der Waals surface area contributed by atoms with Crippen LogP contribution in [0.15, 0.2) is 36.8 Å². The first kappa shape index (κ1) is 25.0. The summed E-state index contributed by atoms with van der Waals surface area (Å²) in [6.07, 6.45) is -0.345. The second kappa shape index (κ2) is 9.69. The first-order valence-electron chi connectivity index (χ1n) is 9.99. The van der Waals surface area contributed by atoms with Crippen molar-refractivity contribution >= 4 is 15.7 Å². The van der Waals surface area contributed by atoms with E-state index in [4.69, 9.17) is 4.74 Å². The number of methoxy groups -OCH3 is 1. The predicted octanol–water partition coefficient (Wildman–Crippen LogP) is 4.21. The molecule has 0 spiro atoms. The van der Waals surface area contributed by atoms with Gasteiger partial charge in [0.2, 0.25) is 10.0 Å². The summed E-state index contributed by atoms with van der Waals surface area (Å²) in [5, 5.41) is 0. The van der Waals surface area contributed by atoms with Gasteiger partial charge in [0, 0.05) is 17.3 Å². The minimum atomic E-state index is -4.55. The van der Waals surface area contributed by atoms with Gasteiger partial charge < -0.3 is 4.74 Å². The van der Waals surface area contributed by atoms with Gasteiger partial charge in [-0.05, 0) is 37.6 Å².